The van der Waals surface area contributed by atoms with Crippen LogP contribution in [0.25, 0.3) is 0 Å². The van der Waals surface area contributed by atoms with Gasteiger partial charge >= 0.3 is 0 Å². The van der Waals surface area contributed by atoms with E-state index in [4.69, 9.17) is 0 Å². The molecule has 8 nitrogen and oxygen atoms in total. The zero-order chi connectivity index (χ0) is 18.8. The van der Waals surface area contributed by atoms with E-state index in [2.05, 4.69) is 10.4 Å². The van der Waals surface area contributed by atoms with E-state index in [1.807, 2.05) is 0 Å². The molecule has 136 valence electrons. The van der Waals surface area contributed by atoms with Crippen molar-refractivity contribution >= 4 is 33.2 Å². The molecular formula is C16H22N4O4S. The lowest BCUT2D eigenvalue weighted by Crippen LogP contribution is -2.34. The summed E-state index contributed by atoms with van der Waals surface area (Å²) in [6.07, 6.45) is 0.516. The second kappa shape index (κ2) is 7.32. The molecule has 0 spiro atoms. The molecule has 2 rings (SSSR count). The van der Waals surface area contributed by atoms with Crippen LogP contribution in [0.2, 0.25) is 0 Å². The first kappa shape index (κ1) is 19.1. The van der Waals surface area contributed by atoms with Crippen LogP contribution in [0.15, 0.2) is 34.3 Å². The SMILES string of the molecule is CC(C)N(C)S(=O)(=O)c1ccc(NC(=O)C2=NN(C)C(=O)CC2)cc1. The molecule has 0 bridgehead atoms. The Morgan fingerprint density at radius 1 is 1.24 bits per heavy atom. The van der Waals surface area contributed by atoms with Gasteiger partial charge in [-0.2, -0.15) is 9.41 Å². The molecule has 0 aliphatic carbocycles. The van der Waals surface area contributed by atoms with Gasteiger partial charge in [0.15, 0.2) is 0 Å². The minimum absolute atomic E-state index is 0.139. The number of benzene rings is 1. The minimum Gasteiger partial charge on any atom is -0.321 e. The van der Waals surface area contributed by atoms with Gasteiger partial charge in [0.2, 0.25) is 15.9 Å². The third-order valence-corrected chi connectivity index (χ3v) is 6.03. The number of carbonyl (C=O) groups excluding carboxylic acids is 2. The fourth-order valence-corrected chi connectivity index (χ4v) is 3.56. The Bertz CT molecular complexity index is 800. The van der Waals surface area contributed by atoms with Gasteiger partial charge in [-0.3, -0.25) is 9.59 Å². The highest BCUT2D eigenvalue weighted by molar-refractivity contribution is 7.89. The van der Waals surface area contributed by atoms with Crippen LogP contribution in [0.1, 0.15) is 26.7 Å². The summed E-state index contributed by atoms with van der Waals surface area (Å²) in [6.45, 7) is 3.58. The van der Waals surface area contributed by atoms with E-state index in [1.165, 1.54) is 42.7 Å². The summed E-state index contributed by atoms with van der Waals surface area (Å²) in [4.78, 5) is 23.7. The summed E-state index contributed by atoms with van der Waals surface area (Å²) in [6, 6.07) is 5.78. The molecule has 9 heteroatoms. The number of hydrazone groups is 1. The molecule has 0 fully saturated rings. The molecule has 1 heterocycles. The van der Waals surface area contributed by atoms with Crippen molar-refractivity contribution in [3.63, 3.8) is 0 Å². The lowest BCUT2D eigenvalue weighted by Gasteiger charge is -2.21. The standard InChI is InChI=1S/C16H22N4O4S/c1-11(2)20(4)25(23,24)13-7-5-12(6-8-13)17-16(22)14-9-10-15(21)19(3)18-14/h5-8,11H,9-10H2,1-4H3,(H,17,22). The number of nitrogens with zero attached hydrogens (tertiary/aromatic N) is 3. The van der Waals surface area contributed by atoms with E-state index in [-0.39, 0.29) is 35.4 Å². The zero-order valence-electron chi connectivity index (χ0n) is 14.7. The lowest BCUT2D eigenvalue weighted by atomic mass is 10.1. The first-order chi connectivity index (χ1) is 11.6. The maximum absolute atomic E-state index is 12.4. The summed E-state index contributed by atoms with van der Waals surface area (Å²) in [5.74, 6) is -0.547. The van der Waals surface area contributed by atoms with E-state index in [1.54, 1.807) is 13.8 Å². The van der Waals surface area contributed by atoms with Crippen molar-refractivity contribution in [3.05, 3.63) is 24.3 Å². The van der Waals surface area contributed by atoms with E-state index in [0.717, 1.165) is 5.01 Å². The first-order valence-electron chi connectivity index (χ1n) is 7.86. The molecule has 0 radical (unpaired) electrons. The molecule has 25 heavy (non-hydrogen) atoms. The highest BCUT2D eigenvalue weighted by atomic mass is 32.2. The van der Waals surface area contributed by atoms with Gasteiger partial charge in [-0.1, -0.05) is 0 Å². The zero-order valence-corrected chi connectivity index (χ0v) is 15.5. The van der Waals surface area contributed by atoms with Gasteiger partial charge in [0, 0.05) is 38.7 Å². The number of rotatable bonds is 5. The van der Waals surface area contributed by atoms with Crippen LogP contribution in [-0.2, 0) is 19.6 Å². The van der Waals surface area contributed by atoms with Crippen LogP contribution in [0.5, 0.6) is 0 Å². The predicted molar refractivity (Wildman–Crippen MR) is 94.6 cm³/mol. The lowest BCUT2D eigenvalue weighted by molar-refractivity contribution is -0.130. The average Bonchev–Trinajstić information content (AvgIpc) is 2.56. The van der Waals surface area contributed by atoms with Crippen LogP contribution >= 0.6 is 0 Å². The van der Waals surface area contributed by atoms with Crippen molar-refractivity contribution in [1.82, 2.24) is 9.31 Å². The molecule has 0 aromatic heterocycles. The minimum atomic E-state index is -3.56. The topological polar surface area (TPSA) is 99.2 Å². The largest absolute Gasteiger partial charge is 0.321 e. The number of anilines is 1. The van der Waals surface area contributed by atoms with Gasteiger partial charge in [0.25, 0.3) is 5.91 Å². The van der Waals surface area contributed by atoms with Gasteiger partial charge in [-0.15, -0.1) is 0 Å². The molecule has 1 aliphatic heterocycles. The molecule has 1 aliphatic rings. The predicted octanol–water partition coefficient (Wildman–Crippen LogP) is 1.26. The maximum Gasteiger partial charge on any atom is 0.271 e. The Morgan fingerprint density at radius 3 is 2.36 bits per heavy atom. The summed E-state index contributed by atoms with van der Waals surface area (Å²) in [7, 11) is -0.542. The second-order valence-electron chi connectivity index (χ2n) is 6.06. The van der Waals surface area contributed by atoms with E-state index in [9.17, 15) is 18.0 Å². The number of carbonyl (C=O) groups is 2. The molecule has 1 N–H and O–H groups in total. The van der Waals surface area contributed by atoms with Crippen molar-refractivity contribution in [2.45, 2.75) is 37.6 Å². The number of amides is 2. The van der Waals surface area contributed by atoms with Gasteiger partial charge < -0.3 is 5.32 Å². The van der Waals surface area contributed by atoms with E-state index < -0.39 is 15.9 Å². The Labute approximate surface area is 147 Å². The van der Waals surface area contributed by atoms with Crippen molar-refractivity contribution in [3.8, 4) is 0 Å². The third-order valence-electron chi connectivity index (χ3n) is 3.99. The Kier molecular flexibility index (Phi) is 5.58. The van der Waals surface area contributed by atoms with E-state index in [0.29, 0.717) is 5.69 Å². The van der Waals surface area contributed by atoms with Crippen molar-refractivity contribution in [1.29, 1.82) is 0 Å². The van der Waals surface area contributed by atoms with Gasteiger partial charge in [-0.25, -0.2) is 13.4 Å². The fraction of sp³-hybridized carbons (Fsp3) is 0.438. The molecule has 2 amide bonds. The summed E-state index contributed by atoms with van der Waals surface area (Å²) >= 11 is 0. The van der Waals surface area contributed by atoms with Crippen molar-refractivity contribution in [2.75, 3.05) is 19.4 Å². The Balaban J connectivity index is 2.12. The number of hydrogen-bond donors (Lipinski definition) is 1. The Morgan fingerprint density at radius 2 is 1.84 bits per heavy atom. The third kappa shape index (κ3) is 4.23. The number of nitrogens with one attached hydrogen (secondary N) is 1. The highest BCUT2D eigenvalue weighted by Gasteiger charge is 2.24. The van der Waals surface area contributed by atoms with E-state index >= 15 is 0 Å². The Hall–Kier alpha value is -2.26. The molecule has 1 aromatic rings. The van der Waals surface area contributed by atoms with Gasteiger partial charge in [0.05, 0.1) is 4.90 Å². The normalized spacial score (nSPS) is 15.5. The maximum atomic E-state index is 12.4. The van der Waals surface area contributed by atoms with Crippen LogP contribution in [0.4, 0.5) is 5.69 Å². The molecule has 0 saturated carbocycles. The van der Waals surface area contributed by atoms with Crippen molar-refractivity contribution in [2.24, 2.45) is 5.10 Å². The van der Waals surface area contributed by atoms with Crippen LogP contribution in [0.3, 0.4) is 0 Å². The molecule has 1 aromatic carbocycles. The molecule has 0 atom stereocenters. The van der Waals surface area contributed by atoms with Gasteiger partial charge in [-0.05, 0) is 38.1 Å². The summed E-state index contributed by atoms with van der Waals surface area (Å²) < 4.78 is 26.1. The molecular weight excluding hydrogens is 344 g/mol. The quantitative estimate of drug-likeness (QED) is 0.848. The fourth-order valence-electron chi connectivity index (χ4n) is 2.19. The average molecular weight is 366 g/mol. The number of hydrogen-bond acceptors (Lipinski definition) is 5. The van der Waals surface area contributed by atoms with Crippen LogP contribution in [0, 0.1) is 0 Å². The summed E-state index contributed by atoms with van der Waals surface area (Å²) in [5.41, 5.74) is 0.719. The second-order valence-corrected chi connectivity index (χ2v) is 8.06. The van der Waals surface area contributed by atoms with Crippen LogP contribution in [-0.4, -0.2) is 55.4 Å². The highest BCUT2D eigenvalue weighted by Crippen LogP contribution is 2.19. The smallest absolute Gasteiger partial charge is 0.271 e. The van der Waals surface area contributed by atoms with Crippen molar-refractivity contribution < 1.29 is 18.0 Å². The van der Waals surface area contributed by atoms with Gasteiger partial charge in [0.1, 0.15) is 5.71 Å². The summed E-state index contributed by atoms with van der Waals surface area (Å²) in [5, 5.41) is 7.75. The van der Waals surface area contributed by atoms with Crippen LogP contribution < -0.4 is 5.32 Å². The monoisotopic (exact) mass is 366 g/mol. The molecule has 0 unspecified atom stereocenters. The molecule has 0 saturated heterocycles. The first-order valence-corrected chi connectivity index (χ1v) is 9.30. The number of sulfonamides is 1.